The Kier molecular flexibility index (Phi) is 3.07. The van der Waals surface area contributed by atoms with E-state index in [9.17, 15) is 0 Å². The van der Waals surface area contributed by atoms with Gasteiger partial charge in [0, 0.05) is 18.1 Å². The van der Waals surface area contributed by atoms with Crippen LogP contribution in [0.25, 0.3) is 0 Å². The average molecular weight is 182 g/mol. The number of hydrogen-bond donors (Lipinski definition) is 1. The largest absolute Gasteiger partial charge is 0.353 e. The lowest BCUT2D eigenvalue weighted by molar-refractivity contribution is 1.57. The van der Waals surface area contributed by atoms with Gasteiger partial charge < -0.3 is 5.32 Å². The van der Waals surface area contributed by atoms with Crippen LogP contribution in [-0.4, -0.2) is 5.49 Å². The third-order valence-corrected chi connectivity index (χ3v) is 1.53. The first-order valence-electron chi connectivity index (χ1n) is 3.00. The van der Waals surface area contributed by atoms with E-state index < -0.39 is 0 Å². The average Bonchev–Trinajstić information content (AvgIpc) is 2.07. The van der Waals surface area contributed by atoms with Crippen molar-refractivity contribution in [3.05, 3.63) is 24.3 Å². The van der Waals surface area contributed by atoms with Crippen molar-refractivity contribution in [3.63, 3.8) is 0 Å². The minimum Gasteiger partial charge on any atom is -0.353 e. The molecular formula is C7H6N2S2. The van der Waals surface area contributed by atoms with Crippen LogP contribution >= 0.6 is 12.2 Å². The lowest BCUT2D eigenvalue weighted by Gasteiger charge is -1.97. The number of nitrogens with zero attached hydrogens (tertiary/aromatic N) is 1. The monoisotopic (exact) mass is 182 g/mol. The van der Waals surface area contributed by atoms with E-state index >= 15 is 0 Å². The minimum atomic E-state index is 0.787. The summed E-state index contributed by atoms with van der Waals surface area (Å²) >= 11 is 9.12. The molecule has 4 heteroatoms. The summed E-state index contributed by atoms with van der Waals surface area (Å²) in [6.07, 6.45) is 0. The predicted octanol–water partition coefficient (Wildman–Crippen LogP) is 2.42. The van der Waals surface area contributed by atoms with Crippen LogP contribution in [0.4, 0.5) is 11.4 Å². The smallest absolute Gasteiger partial charge is 0.0770 e. The third kappa shape index (κ3) is 2.32. The summed E-state index contributed by atoms with van der Waals surface area (Å²) in [7, 11) is 0. The topological polar surface area (TPSA) is 24.4 Å². The van der Waals surface area contributed by atoms with Crippen molar-refractivity contribution in [1.82, 2.24) is 0 Å². The van der Waals surface area contributed by atoms with Crippen molar-refractivity contribution >= 4 is 41.5 Å². The summed E-state index contributed by atoms with van der Waals surface area (Å²) in [6.45, 7) is 0. The molecule has 0 saturated carbocycles. The first-order chi connectivity index (χ1) is 5.36. The highest BCUT2D eigenvalue weighted by molar-refractivity contribution is 7.79. The molecule has 0 spiro atoms. The number of hydrogen-bond acceptors (Lipinski definition) is 3. The summed E-state index contributed by atoms with van der Waals surface area (Å²) in [6, 6.07) is 7.39. The third-order valence-electron chi connectivity index (χ3n) is 1.20. The van der Waals surface area contributed by atoms with E-state index in [1.165, 1.54) is 5.49 Å². The molecule has 0 saturated heterocycles. The Morgan fingerprint density at radius 1 is 1.27 bits per heavy atom. The highest BCUT2D eigenvalue weighted by atomic mass is 32.1. The highest BCUT2D eigenvalue weighted by Gasteiger charge is 1.88. The summed E-state index contributed by atoms with van der Waals surface area (Å²) in [5.74, 6) is 0. The molecule has 0 aliphatic carbocycles. The second-order valence-corrected chi connectivity index (χ2v) is 2.32. The molecule has 1 rings (SSSR count). The molecule has 0 atom stereocenters. The van der Waals surface area contributed by atoms with Gasteiger partial charge in [0.05, 0.1) is 11.2 Å². The van der Waals surface area contributed by atoms with Crippen molar-refractivity contribution < 1.29 is 0 Å². The minimum absolute atomic E-state index is 0.787. The number of nitrogens with one attached hydrogen (secondary N) is 1. The summed E-state index contributed by atoms with van der Waals surface area (Å²) in [5.41, 5.74) is 3.19. The fourth-order valence-electron chi connectivity index (χ4n) is 0.687. The van der Waals surface area contributed by atoms with Crippen LogP contribution in [-0.2, 0) is 12.4 Å². The molecular weight excluding hydrogens is 176 g/mol. The van der Waals surface area contributed by atoms with Gasteiger partial charge in [0.2, 0.25) is 0 Å². The molecule has 0 fully saturated rings. The maximum Gasteiger partial charge on any atom is 0.0770 e. The lowest BCUT2D eigenvalue weighted by Crippen LogP contribution is -1.89. The molecule has 1 aromatic rings. The van der Waals surface area contributed by atoms with Gasteiger partial charge in [-0.1, -0.05) is 12.2 Å². The number of benzene rings is 1. The van der Waals surface area contributed by atoms with Gasteiger partial charge in [0.25, 0.3) is 0 Å². The van der Waals surface area contributed by atoms with Crippen molar-refractivity contribution in [2.75, 3.05) is 5.32 Å². The van der Waals surface area contributed by atoms with Crippen LogP contribution in [0.1, 0.15) is 0 Å². The summed E-state index contributed by atoms with van der Waals surface area (Å²) < 4.78 is 3.59. The zero-order valence-electron chi connectivity index (χ0n) is 5.65. The Bertz CT molecular complexity index is 256. The zero-order chi connectivity index (χ0) is 8.10. The van der Waals surface area contributed by atoms with Crippen molar-refractivity contribution in [2.24, 2.45) is 4.36 Å². The van der Waals surface area contributed by atoms with Crippen LogP contribution in [0.2, 0.25) is 0 Å². The maximum atomic E-state index is 4.62. The van der Waals surface area contributed by atoms with E-state index in [4.69, 9.17) is 0 Å². The highest BCUT2D eigenvalue weighted by Crippen LogP contribution is 2.14. The van der Waals surface area contributed by atoms with Gasteiger partial charge in [-0.3, -0.25) is 0 Å². The van der Waals surface area contributed by atoms with E-state index in [1.807, 2.05) is 24.3 Å². The molecule has 2 nitrogen and oxygen atoms in total. The van der Waals surface area contributed by atoms with E-state index in [0.29, 0.717) is 0 Å². The number of rotatable bonds is 3. The molecule has 0 bridgehead atoms. The standard InChI is InChI=1S/C7H6N2S2/c10-5-8-6-1-3-7(9-11)4-2-6/h1-5H,(H,8,10). The predicted molar refractivity (Wildman–Crippen MR) is 53.2 cm³/mol. The van der Waals surface area contributed by atoms with E-state index in [2.05, 4.69) is 34.3 Å². The van der Waals surface area contributed by atoms with Gasteiger partial charge in [-0.15, -0.1) is 0 Å². The molecule has 0 unspecified atom stereocenters. The van der Waals surface area contributed by atoms with Crippen molar-refractivity contribution in [3.8, 4) is 0 Å². The molecule has 0 aromatic heterocycles. The van der Waals surface area contributed by atoms with Gasteiger partial charge in [-0.2, -0.15) is 4.36 Å². The van der Waals surface area contributed by atoms with Crippen LogP contribution in [0.5, 0.6) is 0 Å². The fraction of sp³-hybridized carbons (Fsp3) is 0. The summed E-state index contributed by atoms with van der Waals surface area (Å²) in [5, 5.41) is 2.87. The van der Waals surface area contributed by atoms with Crippen molar-refractivity contribution in [1.29, 1.82) is 0 Å². The van der Waals surface area contributed by atoms with Gasteiger partial charge in [0.15, 0.2) is 0 Å². The molecule has 0 heterocycles. The second kappa shape index (κ2) is 4.10. The number of thiocarbonyl (C=S) groups is 1. The Morgan fingerprint density at radius 2 is 1.91 bits per heavy atom. The maximum absolute atomic E-state index is 4.62. The molecule has 1 aromatic carbocycles. The molecule has 0 radical (unpaired) electrons. The summed E-state index contributed by atoms with van der Waals surface area (Å²) in [4.78, 5) is 0. The van der Waals surface area contributed by atoms with Crippen LogP contribution in [0, 0.1) is 0 Å². The van der Waals surface area contributed by atoms with Gasteiger partial charge in [-0.25, -0.2) is 0 Å². The zero-order valence-corrected chi connectivity index (χ0v) is 7.28. The Labute approximate surface area is 75.8 Å². The van der Waals surface area contributed by atoms with E-state index in [-0.39, 0.29) is 0 Å². The SMILES string of the molecule is S=CNc1ccc(N=S)cc1. The normalized spacial score (nSPS) is 8.73. The number of anilines is 1. The second-order valence-electron chi connectivity index (χ2n) is 1.90. The quantitative estimate of drug-likeness (QED) is 0.726. The first kappa shape index (κ1) is 8.23. The molecule has 0 aliphatic heterocycles. The Balaban J connectivity index is 2.81. The fourth-order valence-corrected chi connectivity index (χ4v) is 0.944. The lowest BCUT2D eigenvalue weighted by atomic mass is 10.3. The molecule has 11 heavy (non-hydrogen) atoms. The van der Waals surface area contributed by atoms with E-state index in [0.717, 1.165) is 11.4 Å². The molecule has 56 valence electrons. The van der Waals surface area contributed by atoms with E-state index in [1.54, 1.807) is 0 Å². The van der Waals surface area contributed by atoms with Gasteiger partial charge >= 0.3 is 0 Å². The van der Waals surface area contributed by atoms with Crippen molar-refractivity contribution in [2.45, 2.75) is 0 Å². The van der Waals surface area contributed by atoms with Gasteiger partial charge in [-0.05, 0) is 24.3 Å². The Hall–Kier alpha value is -0.870. The van der Waals surface area contributed by atoms with Gasteiger partial charge in [0.1, 0.15) is 0 Å². The first-order valence-corrected chi connectivity index (χ1v) is 3.84. The molecule has 0 amide bonds. The Morgan fingerprint density at radius 3 is 2.36 bits per heavy atom. The van der Waals surface area contributed by atoms with Crippen LogP contribution in [0.15, 0.2) is 28.6 Å². The molecule has 0 aliphatic rings. The van der Waals surface area contributed by atoms with Crippen LogP contribution < -0.4 is 5.32 Å². The van der Waals surface area contributed by atoms with Crippen LogP contribution in [0.3, 0.4) is 0 Å². The molecule has 1 N–H and O–H groups in total.